The SMILES string of the molecule is O=C(Nc1cccc(SC(C(=O)Nc2ccc(Cl)cc2C(F)(F)F)c2ccccc2)c1)/C(=C\c1ccccc1[N+](=O)[O-])NC(=O)c1ccccc1. The van der Waals surface area contributed by atoms with Crippen LogP contribution in [-0.4, -0.2) is 22.6 Å². The van der Waals surface area contributed by atoms with Gasteiger partial charge in [0.2, 0.25) is 5.91 Å². The van der Waals surface area contributed by atoms with Gasteiger partial charge in [-0.05, 0) is 66.2 Å². The number of benzene rings is 5. The van der Waals surface area contributed by atoms with Crippen molar-refractivity contribution in [2.45, 2.75) is 16.3 Å². The zero-order valence-corrected chi connectivity index (χ0v) is 27.8. The monoisotopic (exact) mass is 730 g/mol. The molecule has 1 atom stereocenters. The maximum atomic E-state index is 13.8. The van der Waals surface area contributed by atoms with Gasteiger partial charge in [-0.2, -0.15) is 13.2 Å². The Labute approximate surface area is 298 Å². The number of nitrogens with one attached hydrogen (secondary N) is 3. The third-order valence-corrected chi connectivity index (χ3v) is 8.68. The standard InChI is InChI=1S/C37H26ClF3N4O5S/c38-26-18-19-30(29(21-26)37(39,40)41)43-36(48)33(23-10-3-1-4-11-23)51-28-16-9-15-27(22-28)42-35(47)31(44-34(46)24-12-5-2-6-13-24)20-25-14-7-8-17-32(25)45(49)50/h1-22,33H,(H,42,47)(H,43,48)(H,44,46)/b31-20+. The van der Waals surface area contributed by atoms with Crippen molar-refractivity contribution < 1.29 is 32.5 Å². The number of anilines is 2. The molecule has 1 unspecified atom stereocenters. The van der Waals surface area contributed by atoms with Gasteiger partial charge in [0.1, 0.15) is 10.9 Å². The Morgan fingerprint density at radius 1 is 0.804 bits per heavy atom. The molecule has 0 heterocycles. The van der Waals surface area contributed by atoms with Crippen molar-refractivity contribution in [2.75, 3.05) is 10.6 Å². The molecule has 0 fully saturated rings. The van der Waals surface area contributed by atoms with Gasteiger partial charge < -0.3 is 16.0 Å². The van der Waals surface area contributed by atoms with Crippen LogP contribution in [0.1, 0.15) is 32.3 Å². The van der Waals surface area contributed by atoms with Crippen LogP contribution in [0.25, 0.3) is 6.08 Å². The number of halogens is 4. The Hall–Kier alpha value is -5.92. The largest absolute Gasteiger partial charge is 0.418 e. The second-order valence-electron chi connectivity index (χ2n) is 10.8. The van der Waals surface area contributed by atoms with Crippen molar-refractivity contribution in [3.05, 3.63) is 170 Å². The normalized spacial score (nSPS) is 12.0. The molecule has 3 amide bonds. The molecule has 0 saturated carbocycles. The van der Waals surface area contributed by atoms with E-state index < -0.39 is 45.3 Å². The number of rotatable bonds is 11. The maximum Gasteiger partial charge on any atom is 0.418 e. The summed E-state index contributed by atoms with van der Waals surface area (Å²) >= 11 is 6.83. The fraction of sp³-hybridized carbons (Fsp3) is 0.0541. The second kappa shape index (κ2) is 16.2. The molecule has 0 radical (unpaired) electrons. The molecule has 51 heavy (non-hydrogen) atoms. The van der Waals surface area contributed by atoms with Crippen LogP contribution in [0, 0.1) is 10.1 Å². The number of nitro benzene ring substituents is 1. The summed E-state index contributed by atoms with van der Waals surface area (Å²) in [6.07, 6.45) is -3.59. The highest BCUT2D eigenvalue weighted by molar-refractivity contribution is 8.00. The smallest absolute Gasteiger partial charge is 0.324 e. The summed E-state index contributed by atoms with van der Waals surface area (Å²) in [5, 5.41) is 18.1. The van der Waals surface area contributed by atoms with Gasteiger partial charge in [0, 0.05) is 27.2 Å². The zero-order chi connectivity index (χ0) is 36.5. The summed E-state index contributed by atoms with van der Waals surface area (Å²) in [6.45, 7) is 0. The Morgan fingerprint density at radius 2 is 1.47 bits per heavy atom. The number of carbonyl (C=O) groups is 3. The topological polar surface area (TPSA) is 130 Å². The fourth-order valence-electron chi connectivity index (χ4n) is 4.81. The average molecular weight is 731 g/mol. The van der Waals surface area contributed by atoms with Crippen LogP contribution < -0.4 is 16.0 Å². The van der Waals surface area contributed by atoms with E-state index >= 15 is 0 Å². The first kappa shape index (κ1) is 36.4. The number of nitrogens with zero attached hydrogens (tertiary/aromatic N) is 1. The molecule has 3 N–H and O–H groups in total. The van der Waals surface area contributed by atoms with Gasteiger partial charge in [0.15, 0.2) is 0 Å². The first-order valence-electron chi connectivity index (χ1n) is 15.0. The van der Waals surface area contributed by atoms with E-state index in [4.69, 9.17) is 11.6 Å². The highest BCUT2D eigenvalue weighted by Crippen LogP contribution is 2.40. The van der Waals surface area contributed by atoms with Crippen LogP contribution in [-0.2, 0) is 15.8 Å². The number of thioether (sulfide) groups is 1. The van der Waals surface area contributed by atoms with E-state index in [9.17, 15) is 37.7 Å². The first-order chi connectivity index (χ1) is 24.4. The highest BCUT2D eigenvalue weighted by atomic mass is 35.5. The molecule has 0 bridgehead atoms. The molecule has 5 rings (SSSR count). The second-order valence-corrected chi connectivity index (χ2v) is 12.4. The summed E-state index contributed by atoms with van der Waals surface area (Å²) in [5.74, 6) is -2.18. The van der Waals surface area contributed by atoms with Gasteiger partial charge in [0.25, 0.3) is 17.5 Å². The van der Waals surface area contributed by atoms with Crippen molar-refractivity contribution in [3.8, 4) is 0 Å². The fourth-order valence-corrected chi connectivity index (χ4v) is 6.07. The van der Waals surface area contributed by atoms with E-state index in [1.54, 1.807) is 72.8 Å². The molecule has 0 aliphatic heterocycles. The number of hydrogen-bond acceptors (Lipinski definition) is 6. The Morgan fingerprint density at radius 3 is 2.16 bits per heavy atom. The van der Waals surface area contributed by atoms with Gasteiger partial charge in [-0.1, -0.05) is 78.3 Å². The van der Waals surface area contributed by atoms with Gasteiger partial charge in [0.05, 0.1) is 21.7 Å². The Balaban J connectivity index is 1.42. The lowest BCUT2D eigenvalue weighted by Gasteiger charge is -2.20. The van der Waals surface area contributed by atoms with Crippen molar-refractivity contribution in [1.82, 2.24) is 5.32 Å². The predicted octanol–water partition coefficient (Wildman–Crippen LogP) is 9.15. The quantitative estimate of drug-likeness (QED) is 0.0538. The summed E-state index contributed by atoms with van der Waals surface area (Å²) in [6, 6.07) is 31.5. The molecule has 5 aromatic carbocycles. The van der Waals surface area contributed by atoms with Crippen LogP contribution in [0.15, 0.2) is 138 Å². The van der Waals surface area contributed by atoms with Crippen LogP contribution in [0.2, 0.25) is 5.02 Å². The third-order valence-electron chi connectivity index (χ3n) is 7.19. The van der Waals surface area contributed by atoms with Gasteiger partial charge in [-0.25, -0.2) is 0 Å². The summed E-state index contributed by atoms with van der Waals surface area (Å²) in [4.78, 5) is 51.8. The number of alkyl halides is 3. The van der Waals surface area contributed by atoms with Crippen LogP contribution in [0.3, 0.4) is 0 Å². The minimum absolute atomic E-state index is 0.0661. The summed E-state index contributed by atoms with van der Waals surface area (Å²) < 4.78 is 41.3. The van der Waals surface area contributed by atoms with Crippen molar-refractivity contribution in [3.63, 3.8) is 0 Å². The van der Waals surface area contributed by atoms with E-state index in [1.807, 2.05) is 0 Å². The number of carbonyl (C=O) groups excluding carboxylic acids is 3. The van der Waals surface area contributed by atoms with Gasteiger partial charge >= 0.3 is 6.18 Å². The lowest BCUT2D eigenvalue weighted by atomic mass is 10.1. The molecule has 14 heteroatoms. The first-order valence-corrected chi connectivity index (χ1v) is 16.3. The molecule has 0 aromatic heterocycles. The van der Waals surface area contributed by atoms with Crippen molar-refractivity contribution in [1.29, 1.82) is 0 Å². The summed E-state index contributed by atoms with van der Waals surface area (Å²) in [5.41, 5.74) is -1.11. The van der Waals surface area contributed by atoms with E-state index in [-0.39, 0.29) is 33.2 Å². The minimum atomic E-state index is -4.78. The van der Waals surface area contributed by atoms with Crippen LogP contribution in [0.5, 0.6) is 0 Å². The molecule has 258 valence electrons. The Bertz CT molecular complexity index is 2110. The number of para-hydroxylation sites is 1. The van der Waals surface area contributed by atoms with Crippen molar-refractivity contribution >= 4 is 64.2 Å². The van der Waals surface area contributed by atoms with Crippen molar-refractivity contribution in [2.24, 2.45) is 0 Å². The number of amides is 3. The number of nitro groups is 1. The molecule has 0 spiro atoms. The van der Waals surface area contributed by atoms with E-state index in [0.29, 0.717) is 10.5 Å². The molecule has 9 nitrogen and oxygen atoms in total. The van der Waals surface area contributed by atoms with E-state index in [2.05, 4.69) is 16.0 Å². The molecule has 0 aliphatic rings. The lowest BCUT2D eigenvalue weighted by Crippen LogP contribution is -2.30. The van der Waals surface area contributed by atoms with Gasteiger partial charge in [-0.3, -0.25) is 24.5 Å². The van der Waals surface area contributed by atoms with E-state index in [0.717, 1.165) is 23.9 Å². The predicted molar refractivity (Wildman–Crippen MR) is 190 cm³/mol. The van der Waals surface area contributed by atoms with Crippen LogP contribution >= 0.6 is 23.4 Å². The van der Waals surface area contributed by atoms with Gasteiger partial charge in [-0.15, -0.1) is 11.8 Å². The average Bonchev–Trinajstić information content (AvgIpc) is 3.11. The molecule has 0 aliphatic carbocycles. The minimum Gasteiger partial charge on any atom is -0.324 e. The molecule has 5 aromatic rings. The lowest BCUT2D eigenvalue weighted by molar-refractivity contribution is -0.385. The highest BCUT2D eigenvalue weighted by Gasteiger charge is 2.35. The number of hydrogen-bond donors (Lipinski definition) is 3. The van der Waals surface area contributed by atoms with Crippen LogP contribution in [0.4, 0.5) is 30.2 Å². The third kappa shape index (κ3) is 9.62. The maximum absolute atomic E-state index is 13.8. The molecular formula is C37H26ClF3N4O5S. The molecule has 0 saturated heterocycles. The molecular weight excluding hydrogens is 705 g/mol. The Kier molecular flexibility index (Phi) is 11.5. The zero-order valence-electron chi connectivity index (χ0n) is 26.2. The summed E-state index contributed by atoms with van der Waals surface area (Å²) in [7, 11) is 0. The van der Waals surface area contributed by atoms with E-state index in [1.165, 1.54) is 48.5 Å².